The summed E-state index contributed by atoms with van der Waals surface area (Å²) in [4.78, 5) is 17.6. The predicted octanol–water partition coefficient (Wildman–Crippen LogP) is 4.36. The number of nitrogens with zero attached hydrogens (tertiary/aromatic N) is 5. The van der Waals surface area contributed by atoms with Gasteiger partial charge in [0.1, 0.15) is 17.0 Å². The van der Waals surface area contributed by atoms with Crippen molar-refractivity contribution in [2.24, 2.45) is 0 Å². The maximum Gasteiger partial charge on any atom is 0.280 e. The van der Waals surface area contributed by atoms with Gasteiger partial charge in [0.15, 0.2) is 5.65 Å². The summed E-state index contributed by atoms with van der Waals surface area (Å²) in [7, 11) is 1.49. The highest BCUT2D eigenvalue weighted by Crippen LogP contribution is 2.32. The highest BCUT2D eigenvalue weighted by Gasteiger charge is 2.24. The molecule has 0 radical (unpaired) electrons. The first-order valence-corrected chi connectivity index (χ1v) is 10.5. The first kappa shape index (κ1) is 22.4. The van der Waals surface area contributed by atoms with E-state index >= 15 is 0 Å². The van der Waals surface area contributed by atoms with E-state index in [1.807, 2.05) is 25.5 Å². The second-order valence-electron chi connectivity index (χ2n) is 7.56. The molecule has 172 valence electrons. The molecule has 1 amide bonds. The van der Waals surface area contributed by atoms with E-state index in [0.29, 0.717) is 17.9 Å². The molecule has 3 heterocycles. The number of nitrogens with one attached hydrogen (secondary N) is 1. The van der Waals surface area contributed by atoms with E-state index in [-0.39, 0.29) is 28.6 Å². The monoisotopic (exact) mass is 454 g/mol. The molecule has 33 heavy (non-hydrogen) atoms. The number of rotatable bonds is 7. The molecule has 1 unspecified atom stereocenters. The molecule has 1 N–H and O–H groups in total. The van der Waals surface area contributed by atoms with Crippen LogP contribution in [0.5, 0.6) is 5.75 Å². The minimum absolute atomic E-state index is 0.0411. The van der Waals surface area contributed by atoms with Crippen molar-refractivity contribution in [1.29, 1.82) is 0 Å². The number of ether oxygens (including phenoxy) is 1. The third-order valence-electron chi connectivity index (χ3n) is 5.61. The van der Waals surface area contributed by atoms with Gasteiger partial charge in [-0.2, -0.15) is 10.2 Å². The van der Waals surface area contributed by atoms with Crippen LogP contribution in [0.4, 0.5) is 8.78 Å². The normalized spacial score (nSPS) is 12.3. The van der Waals surface area contributed by atoms with Crippen LogP contribution in [0.3, 0.4) is 0 Å². The average molecular weight is 454 g/mol. The van der Waals surface area contributed by atoms with Crippen molar-refractivity contribution < 1.29 is 18.3 Å². The lowest BCUT2D eigenvalue weighted by atomic mass is 10.1. The number of hydrogen-bond donors (Lipinski definition) is 1. The fraction of sp³-hybridized carbons (Fsp3) is 0.304. The molecule has 0 aliphatic rings. The van der Waals surface area contributed by atoms with Crippen molar-refractivity contribution >= 4 is 11.6 Å². The fourth-order valence-corrected chi connectivity index (χ4v) is 3.85. The molecular formula is C23H24F2N6O2. The molecule has 0 saturated carbocycles. The van der Waals surface area contributed by atoms with Gasteiger partial charge in [-0.1, -0.05) is 12.1 Å². The van der Waals surface area contributed by atoms with E-state index < -0.39 is 12.3 Å². The topological polar surface area (TPSA) is 86.3 Å². The summed E-state index contributed by atoms with van der Waals surface area (Å²) >= 11 is 0. The number of fused-ring (bicyclic) bond motifs is 1. The average Bonchev–Trinajstić information content (AvgIpc) is 3.41. The lowest BCUT2D eigenvalue weighted by Gasteiger charge is -2.14. The van der Waals surface area contributed by atoms with E-state index in [9.17, 15) is 13.6 Å². The van der Waals surface area contributed by atoms with Crippen LogP contribution >= 0.6 is 0 Å². The third kappa shape index (κ3) is 4.04. The van der Waals surface area contributed by atoms with Crippen LogP contribution in [0.25, 0.3) is 16.9 Å². The molecule has 0 saturated heterocycles. The Morgan fingerprint density at radius 3 is 2.64 bits per heavy atom. The van der Waals surface area contributed by atoms with E-state index in [1.165, 1.54) is 19.4 Å². The number of amides is 1. The largest absolute Gasteiger partial charge is 0.496 e. The number of aromatic nitrogens is 5. The summed E-state index contributed by atoms with van der Waals surface area (Å²) in [6, 6.07) is 7.88. The van der Waals surface area contributed by atoms with Crippen LogP contribution in [0.2, 0.25) is 0 Å². The molecule has 0 fully saturated rings. The van der Waals surface area contributed by atoms with Crippen LogP contribution in [0.1, 0.15) is 53.6 Å². The first-order valence-electron chi connectivity index (χ1n) is 10.5. The van der Waals surface area contributed by atoms with Crippen LogP contribution in [-0.2, 0) is 6.54 Å². The van der Waals surface area contributed by atoms with Crippen LogP contribution < -0.4 is 10.1 Å². The van der Waals surface area contributed by atoms with Crippen molar-refractivity contribution in [2.45, 2.75) is 39.8 Å². The predicted molar refractivity (Wildman–Crippen MR) is 118 cm³/mol. The Kier molecular flexibility index (Phi) is 6.08. The molecular weight excluding hydrogens is 430 g/mol. The van der Waals surface area contributed by atoms with Gasteiger partial charge in [-0.3, -0.25) is 9.48 Å². The van der Waals surface area contributed by atoms with Crippen molar-refractivity contribution in [3.8, 4) is 17.0 Å². The molecule has 8 nitrogen and oxygen atoms in total. The second-order valence-corrected chi connectivity index (χ2v) is 7.56. The number of alkyl halides is 2. The summed E-state index contributed by atoms with van der Waals surface area (Å²) in [5.41, 5.74) is 2.39. The quantitative estimate of drug-likeness (QED) is 0.449. The SMILES string of the molecule is CCn1ncc(C(C)NC(=O)c2cnn3c(C(F)F)cc(-c4ccccc4OC)nc23)c1C. The van der Waals surface area contributed by atoms with Crippen LogP contribution in [0, 0.1) is 6.92 Å². The minimum atomic E-state index is -2.82. The lowest BCUT2D eigenvalue weighted by molar-refractivity contribution is 0.0941. The van der Waals surface area contributed by atoms with Gasteiger partial charge >= 0.3 is 0 Å². The van der Waals surface area contributed by atoms with E-state index in [0.717, 1.165) is 15.8 Å². The summed E-state index contributed by atoms with van der Waals surface area (Å²) in [6.07, 6.45) is 0.151. The van der Waals surface area contributed by atoms with Crippen LogP contribution in [0.15, 0.2) is 42.7 Å². The van der Waals surface area contributed by atoms with Gasteiger partial charge in [0.2, 0.25) is 0 Å². The Balaban J connectivity index is 1.76. The molecule has 3 aromatic heterocycles. The van der Waals surface area contributed by atoms with Gasteiger partial charge < -0.3 is 10.1 Å². The number of carbonyl (C=O) groups is 1. The van der Waals surface area contributed by atoms with E-state index in [4.69, 9.17) is 4.74 Å². The van der Waals surface area contributed by atoms with Gasteiger partial charge in [-0.15, -0.1) is 0 Å². The zero-order chi connectivity index (χ0) is 23.7. The number of carbonyl (C=O) groups excluding carboxylic acids is 1. The number of benzene rings is 1. The highest BCUT2D eigenvalue weighted by atomic mass is 19.3. The smallest absolute Gasteiger partial charge is 0.280 e. The van der Waals surface area contributed by atoms with Gasteiger partial charge in [-0.25, -0.2) is 18.3 Å². The standard InChI is InChI=1S/C23H24F2N6O2/c1-5-30-14(3)16(11-26-30)13(2)28-23(32)17-12-27-31-19(21(24)25)10-18(29-22(17)31)15-8-6-7-9-20(15)33-4/h6-13,21H,5H2,1-4H3,(H,28,32). The fourth-order valence-electron chi connectivity index (χ4n) is 3.85. The molecule has 4 aromatic rings. The molecule has 1 aromatic carbocycles. The van der Waals surface area contributed by atoms with E-state index in [2.05, 4.69) is 20.5 Å². The Hall–Kier alpha value is -3.82. The Morgan fingerprint density at radius 2 is 1.97 bits per heavy atom. The van der Waals surface area contributed by atoms with Gasteiger partial charge in [0.05, 0.1) is 31.2 Å². The maximum absolute atomic E-state index is 13.9. The summed E-state index contributed by atoms with van der Waals surface area (Å²) in [5.74, 6) is 0.0168. The Bertz CT molecular complexity index is 1310. The Morgan fingerprint density at radius 1 is 1.21 bits per heavy atom. The van der Waals surface area contributed by atoms with Gasteiger partial charge in [-0.05, 0) is 39.0 Å². The molecule has 10 heteroatoms. The Labute approximate surface area is 189 Å². The number of aryl methyl sites for hydroxylation is 1. The van der Waals surface area contributed by atoms with Gasteiger partial charge in [0.25, 0.3) is 12.3 Å². The first-order chi connectivity index (χ1) is 15.8. The van der Waals surface area contributed by atoms with Crippen molar-refractivity contribution in [2.75, 3.05) is 7.11 Å². The molecule has 0 bridgehead atoms. The lowest BCUT2D eigenvalue weighted by Crippen LogP contribution is -2.27. The second kappa shape index (κ2) is 8.97. The molecule has 0 aliphatic heterocycles. The molecule has 0 aliphatic carbocycles. The van der Waals surface area contributed by atoms with Crippen molar-refractivity contribution in [3.05, 3.63) is 65.2 Å². The maximum atomic E-state index is 13.9. The summed E-state index contributed by atoms with van der Waals surface area (Å²) in [6.45, 7) is 6.47. The van der Waals surface area contributed by atoms with Crippen LogP contribution in [-0.4, -0.2) is 37.4 Å². The number of halogens is 2. The zero-order valence-electron chi connectivity index (χ0n) is 18.7. The number of hydrogen-bond acceptors (Lipinski definition) is 5. The van der Waals surface area contributed by atoms with Crippen molar-refractivity contribution in [3.63, 3.8) is 0 Å². The summed E-state index contributed by atoms with van der Waals surface area (Å²) in [5, 5.41) is 11.2. The summed E-state index contributed by atoms with van der Waals surface area (Å²) < 4.78 is 35.9. The third-order valence-corrected chi connectivity index (χ3v) is 5.61. The van der Waals surface area contributed by atoms with E-state index in [1.54, 1.807) is 30.5 Å². The van der Waals surface area contributed by atoms with Gasteiger partial charge in [0, 0.05) is 23.4 Å². The molecule has 4 rings (SSSR count). The zero-order valence-corrected chi connectivity index (χ0v) is 18.7. The number of para-hydroxylation sites is 1. The molecule has 0 spiro atoms. The minimum Gasteiger partial charge on any atom is -0.496 e. The van der Waals surface area contributed by atoms with Crippen molar-refractivity contribution in [1.82, 2.24) is 29.7 Å². The molecule has 1 atom stereocenters. The number of methoxy groups -OCH3 is 1. The highest BCUT2D eigenvalue weighted by molar-refractivity contribution is 6.00.